The third-order valence-corrected chi connectivity index (χ3v) is 4.44. The van der Waals surface area contributed by atoms with Gasteiger partial charge in [-0.2, -0.15) is 4.52 Å². The summed E-state index contributed by atoms with van der Waals surface area (Å²) in [6, 6.07) is 13.8. The Hall–Kier alpha value is -3.42. The van der Waals surface area contributed by atoms with E-state index in [9.17, 15) is 4.79 Å². The minimum atomic E-state index is -0.0221. The Morgan fingerprint density at radius 2 is 2.04 bits per heavy atom. The molecule has 0 bridgehead atoms. The maximum atomic E-state index is 12.2. The van der Waals surface area contributed by atoms with Crippen molar-refractivity contribution >= 4 is 22.5 Å². The van der Waals surface area contributed by atoms with Gasteiger partial charge in [0.15, 0.2) is 11.5 Å². The van der Waals surface area contributed by atoms with E-state index in [1.54, 1.807) is 23.8 Å². The summed E-state index contributed by atoms with van der Waals surface area (Å²) in [7, 11) is 1.56. The first-order valence-electron chi connectivity index (χ1n) is 8.80. The summed E-state index contributed by atoms with van der Waals surface area (Å²) in [6.07, 6.45) is 2.82. The molecule has 1 aromatic carbocycles. The number of carbonyl (C=O) groups is 1. The number of hydrogen-bond acceptors (Lipinski definition) is 5. The van der Waals surface area contributed by atoms with Crippen LogP contribution in [-0.2, 0) is 17.8 Å². The largest absolute Gasteiger partial charge is 0.480 e. The van der Waals surface area contributed by atoms with Crippen LogP contribution in [0.3, 0.4) is 0 Å². The molecule has 4 rings (SSSR count). The highest BCUT2D eigenvalue weighted by Crippen LogP contribution is 2.14. The standard InChI is InChI=1S/C19H20N6O2/c1-27-19-9-7-17-22-21-16(25(17)23-19)6-8-18(26)20-11-13-24-12-10-14-4-2-3-5-15(14)24/h2-5,7,9-10,12H,6,8,11,13H2,1H3,(H,20,26). The van der Waals surface area contributed by atoms with Crippen LogP contribution in [0.25, 0.3) is 16.6 Å². The zero-order chi connectivity index (χ0) is 18.6. The van der Waals surface area contributed by atoms with Crippen LogP contribution in [0.15, 0.2) is 48.7 Å². The number of benzene rings is 1. The fraction of sp³-hybridized carbons (Fsp3) is 0.263. The van der Waals surface area contributed by atoms with Crippen LogP contribution in [-0.4, -0.2) is 43.9 Å². The van der Waals surface area contributed by atoms with Crippen LogP contribution < -0.4 is 10.1 Å². The SMILES string of the molecule is COc1ccc2nnc(CCC(=O)NCCn3ccc4ccccc43)n2n1. The Bertz CT molecular complexity index is 1080. The smallest absolute Gasteiger partial charge is 0.231 e. The molecule has 3 aromatic heterocycles. The lowest BCUT2D eigenvalue weighted by Crippen LogP contribution is -2.27. The molecule has 0 radical (unpaired) electrons. The number of nitrogens with zero attached hydrogens (tertiary/aromatic N) is 5. The first-order chi connectivity index (χ1) is 13.2. The molecular formula is C19H20N6O2. The second kappa shape index (κ2) is 7.45. The maximum absolute atomic E-state index is 12.2. The molecule has 0 atom stereocenters. The van der Waals surface area contributed by atoms with Crippen molar-refractivity contribution in [2.24, 2.45) is 0 Å². The van der Waals surface area contributed by atoms with Crippen LogP contribution in [0.2, 0.25) is 0 Å². The molecule has 4 aromatic rings. The number of aromatic nitrogens is 5. The van der Waals surface area contributed by atoms with E-state index in [0.717, 1.165) is 6.54 Å². The van der Waals surface area contributed by atoms with Crippen LogP contribution in [0.1, 0.15) is 12.2 Å². The molecule has 0 saturated heterocycles. The molecule has 0 aliphatic rings. The molecule has 0 unspecified atom stereocenters. The average Bonchev–Trinajstić information content (AvgIpc) is 3.30. The highest BCUT2D eigenvalue weighted by molar-refractivity contribution is 5.80. The predicted octanol–water partition coefficient (Wildman–Crippen LogP) is 1.84. The van der Waals surface area contributed by atoms with E-state index in [-0.39, 0.29) is 5.91 Å². The number of amides is 1. The van der Waals surface area contributed by atoms with Crippen molar-refractivity contribution in [1.29, 1.82) is 0 Å². The van der Waals surface area contributed by atoms with Gasteiger partial charge in [0.05, 0.1) is 7.11 Å². The molecule has 8 heteroatoms. The third kappa shape index (κ3) is 3.59. The Labute approximate surface area is 155 Å². The lowest BCUT2D eigenvalue weighted by Gasteiger charge is -2.07. The Balaban J connectivity index is 1.31. The third-order valence-electron chi connectivity index (χ3n) is 4.44. The number of fused-ring (bicyclic) bond motifs is 2. The number of rotatable bonds is 7. The van der Waals surface area contributed by atoms with Gasteiger partial charge in [0, 0.05) is 43.7 Å². The van der Waals surface area contributed by atoms with Crippen molar-refractivity contribution in [2.45, 2.75) is 19.4 Å². The van der Waals surface area contributed by atoms with Gasteiger partial charge >= 0.3 is 0 Å². The first kappa shape index (κ1) is 17.0. The molecule has 1 N–H and O–H groups in total. The monoisotopic (exact) mass is 364 g/mol. The molecule has 1 amide bonds. The summed E-state index contributed by atoms with van der Waals surface area (Å²) in [5.41, 5.74) is 1.80. The fourth-order valence-corrected chi connectivity index (χ4v) is 3.05. The number of hydrogen-bond donors (Lipinski definition) is 1. The molecule has 0 saturated carbocycles. The van der Waals surface area contributed by atoms with E-state index in [1.807, 2.05) is 18.3 Å². The Morgan fingerprint density at radius 1 is 1.15 bits per heavy atom. The fourth-order valence-electron chi connectivity index (χ4n) is 3.05. The summed E-state index contributed by atoms with van der Waals surface area (Å²) in [6.45, 7) is 1.30. The van der Waals surface area contributed by atoms with Gasteiger partial charge in [-0.15, -0.1) is 15.3 Å². The predicted molar refractivity (Wildman–Crippen MR) is 101 cm³/mol. The zero-order valence-electron chi connectivity index (χ0n) is 15.0. The summed E-state index contributed by atoms with van der Waals surface area (Å²) in [5.74, 6) is 1.09. The van der Waals surface area contributed by atoms with E-state index in [0.29, 0.717) is 36.7 Å². The van der Waals surface area contributed by atoms with Gasteiger partial charge in [-0.1, -0.05) is 18.2 Å². The number of ether oxygens (including phenoxy) is 1. The van der Waals surface area contributed by atoms with E-state index in [1.165, 1.54) is 10.9 Å². The van der Waals surface area contributed by atoms with Crippen molar-refractivity contribution in [3.8, 4) is 5.88 Å². The van der Waals surface area contributed by atoms with Crippen molar-refractivity contribution in [3.63, 3.8) is 0 Å². The highest BCUT2D eigenvalue weighted by Gasteiger charge is 2.10. The number of carbonyl (C=O) groups excluding carboxylic acids is 1. The zero-order valence-corrected chi connectivity index (χ0v) is 15.0. The molecular weight excluding hydrogens is 344 g/mol. The van der Waals surface area contributed by atoms with Gasteiger partial charge in [-0.05, 0) is 23.6 Å². The molecule has 138 valence electrons. The summed E-state index contributed by atoms with van der Waals surface area (Å²) in [4.78, 5) is 12.2. The van der Waals surface area contributed by atoms with E-state index in [2.05, 4.69) is 43.4 Å². The highest BCUT2D eigenvalue weighted by atomic mass is 16.5. The van der Waals surface area contributed by atoms with Gasteiger partial charge in [0.2, 0.25) is 11.8 Å². The van der Waals surface area contributed by atoms with Gasteiger partial charge < -0.3 is 14.6 Å². The van der Waals surface area contributed by atoms with Crippen molar-refractivity contribution in [1.82, 2.24) is 29.7 Å². The van der Waals surface area contributed by atoms with Crippen molar-refractivity contribution < 1.29 is 9.53 Å². The molecule has 3 heterocycles. The summed E-state index contributed by atoms with van der Waals surface area (Å²) in [5, 5.41) is 16.6. The van der Waals surface area contributed by atoms with Crippen molar-refractivity contribution in [2.75, 3.05) is 13.7 Å². The minimum Gasteiger partial charge on any atom is -0.480 e. The van der Waals surface area contributed by atoms with E-state index >= 15 is 0 Å². The number of aryl methyl sites for hydroxylation is 1. The van der Waals surface area contributed by atoms with Gasteiger partial charge in [-0.3, -0.25) is 4.79 Å². The molecule has 0 spiro atoms. The van der Waals surface area contributed by atoms with Gasteiger partial charge in [0.1, 0.15) is 0 Å². The minimum absolute atomic E-state index is 0.0221. The number of nitrogens with one attached hydrogen (secondary N) is 1. The lowest BCUT2D eigenvalue weighted by atomic mass is 10.2. The molecule has 0 aliphatic heterocycles. The molecule has 0 fully saturated rings. The van der Waals surface area contributed by atoms with Crippen LogP contribution in [0, 0.1) is 0 Å². The number of methoxy groups -OCH3 is 1. The molecule has 8 nitrogen and oxygen atoms in total. The van der Waals surface area contributed by atoms with Crippen LogP contribution >= 0.6 is 0 Å². The lowest BCUT2D eigenvalue weighted by molar-refractivity contribution is -0.121. The Kier molecular flexibility index (Phi) is 4.69. The second-order valence-corrected chi connectivity index (χ2v) is 6.18. The summed E-state index contributed by atoms with van der Waals surface area (Å²) >= 11 is 0. The maximum Gasteiger partial charge on any atom is 0.231 e. The van der Waals surface area contributed by atoms with E-state index < -0.39 is 0 Å². The van der Waals surface area contributed by atoms with Crippen molar-refractivity contribution in [3.05, 3.63) is 54.5 Å². The van der Waals surface area contributed by atoms with Crippen LogP contribution in [0.5, 0.6) is 5.88 Å². The molecule has 0 aliphatic carbocycles. The Morgan fingerprint density at radius 3 is 2.93 bits per heavy atom. The van der Waals surface area contributed by atoms with Gasteiger partial charge in [-0.25, -0.2) is 0 Å². The first-order valence-corrected chi connectivity index (χ1v) is 8.80. The average molecular weight is 364 g/mol. The van der Waals surface area contributed by atoms with Crippen LogP contribution in [0.4, 0.5) is 0 Å². The quantitative estimate of drug-likeness (QED) is 0.541. The van der Waals surface area contributed by atoms with Gasteiger partial charge in [0.25, 0.3) is 0 Å². The normalized spacial score (nSPS) is 11.1. The van der Waals surface area contributed by atoms with E-state index in [4.69, 9.17) is 4.74 Å². The second-order valence-electron chi connectivity index (χ2n) is 6.18. The summed E-state index contributed by atoms with van der Waals surface area (Å²) < 4.78 is 8.87. The number of para-hydroxylation sites is 1. The topological polar surface area (TPSA) is 86.3 Å². The molecule has 27 heavy (non-hydrogen) atoms.